The number of carbonyl (C=O) groups excluding carboxylic acids is 1. The number of hydrogen-bond acceptors (Lipinski definition) is 4. The molecular weight excluding hydrogens is 268 g/mol. The van der Waals surface area contributed by atoms with Crippen LogP contribution < -0.4 is 14.8 Å². The average molecular weight is 292 g/mol. The van der Waals surface area contributed by atoms with Crippen LogP contribution in [-0.2, 0) is 11.2 Å². The molecule has 0 bridgehead atoms. The number of benzene rings is 1. The summed E-state index contributed by atoms with van der Waals surface area (Å²) in [6.45, 7) is 9.43. The van der Waals surface area contributed by atoms with Crippen LogP contribution in [0.15, 0.2) is 12.1 Å². The number of hydrogen-bond donors (Lipinski definition) is 1. The Morgan fingerprint density at radius 1 is 1.14 bits per heavy atom. The van der Waals surface area contributed by atoms with Gasteiger partial charge in [0.25, 0.3) is 0 Å². The third-order valence-electron chi connectivity index (χ3n) is 3.68. The lowest BCUT2D eigenvalue weighted by molar-refractivity contribution is -0.117. The topological polar surface area (TPSA) is 50.8 Å². The Morgan fingerprint density at radius 3 is 2.33 bits per heavy atom. The van der Waals surface area contributed by atoms with Gasteiger partial charge in [-0.25, -0.2) is 0 Å². The molecule has 5 nitrogen and oxygen atoms in total. The molecule has 1 heterocycles. The summed E-state index contributed by atoms with van der Waals surface area (Å²) in [6.07, 6.45) is 0.831. The van der Waals surface area contributed by atoms with E-state index < -0.39 is 0 Å². The van der Waals surface area contributed by atoms with Gasteiger partial charge in [0.1, 0.15) is 13.2 Å². The summed E-state index contributed by atoms with van der Waals surface area (Å²) in [6, 6.07) is 3.83. The molecule has 0 aromatic heterocycles. The molecule has 0 radical (unpaired) electrons. The van der Waals surface area contributed by atoms with E-state index in [0.29, 0.717) is 25.5 Å². The number of amides is 1. The highest BCUT2D eigenvalue weighted by molar-refractivity contribution is 5.93. The fourth-order valence-electron chi connectivity index (χ4n) is 2.38. The summed E-state index contributed by atoms with van der Waals surface area (Å²) in [5.41, 5.74) is 1.88. The molecule has 1 aromatic rings. The maximum absolute atomic E-state index is 12.2. The molecule has 0 fully saturated rings. The Balaban J connectivity index is 2.13. The lowest BCUT2D eigenvalue weighted by Crippen LogP contribution is -2.33. The number of ether oxygens (including phenoxy) is 2. The van der Waals surface area contributed by atoms with E-state index >= 15 is 0 Å². The molecule has 5 heteroatoms. The van der Waals surface area contributed by atoms with E-state index in [4.69, 9.17) is 9.47 Å². The second kappa shape index (κ2) is 7.31. The Bertz CT molecular complexity index is 499. The van der Waals surface area contributed by atoms with Gasteiger partial charge < -0.3 is 14.8 Å². The predicted molar refractivity (Wildman–Crippen MR) is 83.2 cm³/mol. The van der Waals surface area contributed by atoms with Gasteiger partial charge in [-0.05, 0) is 31.1 Å². The highest BCUT2D eigenvalue weighted by Gasteiger charge is 2.17. The molecule has 21 heavy (non-hydrogen) atoms. The quantitative estimate of drug-likeness (QED) is 0.874. The maximum Gasteiger partial charge on any atom is 0.238 e. The minimum absolute atomic E-state index is 0.00470. The first-order chi connectivity index (χ1) is 10.2. The van der Waals surface area contributed by atoms with Crippen molar-refractivity contribution in [3.8, 4) is 11.5 Å². The van der Waals surface area contributed by atoms with Crippen LogP contribution in [0.4, 0.5) is 5.69 Å². The van der Waals surface area contributed by atoms with E-state index in [-0.39, 0.29) is 5.91 Å². The predicted octanol–water partition coefficient (Wildman–Crippen LogP) is 2.30. The Hall–Kier alpha value is -1.75. The molecule has 1 amide bonds. The normalized spacial score (nSPS) is 13.3. The molecule has 0 spiro atoms. The van der Waals surface area contributed by atoms with Gasteiger partial charge in [-0.15, -0.1) is 0 Å². The molecule has 116 valence electrons. The lowest BCUT2D eigenvalue weighted by Gasteiger charge is -2.22. The van der Waals surface area contributed by atoms with Crippen molar-refractivity contribution in [2.75, 3.05) is 38.2 Å². The van der Waals surface area contributed by atoms with Gasteiger partial charge in [0, 0.05) is 11.8 Å². The van der Waals surface area contributed by atoms with E-state index in [2.05, 4.69) is 31.0 Å². The van der Waals surface area contributed by atoms with Crippen molar-refractivity contribution >= 4 is 11.6 Å². The first-order valence-corrected chi connectivity index (χ1v) is 7.62. The smallest absolute Gasteiger partial charge is 0.238 e. The van der Waals surface area contributed by atoms with Crippen LogP contribution in [0.1, 0.15) is 26.3 Å². The Morgan fingerprint density at radius 2 is 1.76 bits per heavy atom. The van der Waals surface area contributed by atoms with E-state index in [1.807, 2.05) is 12.1 Å². The van der Waals surface area contributed by atoms with E-state index in [1.54, 1.807) is 0 Å². The van der Waals surface area contributed by atoms with Gasteiger partial charge >= 0.3 is 0 Å². The zero-order valence-corrected chi connectivity index (χ0v) is 13.1. The van der Waals surface area contributed by atoms with Crippen LogP contribution in [0.25, 0.3) is 0 Å². The number of nitrogens with one attached hydrogen (secondary N) is 1. The Labute approximate surface area is 126 Å². The number of aryl methyl sites for hydroxylation is 1. The summed E-state index contributed by atoms with van der Waals surface area (Å²) >= 11 is 0. The molecule has 0 aliphatic carbocycles. The summed E-state index contributed by atoms with van der Waals surface area (Å²) < 4.78 is 11.2. The zero-order chi connectivity index (χ0) is 15.2. The summed E-state index contributed by atoms with van der Waals surface area (Å²) in [5.74, 6) is 1.47. The van der Waals surface area contributed by atoms with E-state index in [1.165, 1.54) is 0 Å². The fourth-order valence-corrected chi connectivity index (χ4v) is 2.38. The van der Waals surface area contributed by atoms with Crippen LogP contribution in [0.3, 0.4) is 0 Å². The molecule has 1 aromatic carbocycles. The van der Waals surface area contributed by atoms with Crippen LogP contribution in [0, 0.1) is 0 Å². The van der Waals surface area contributed by atoms with E-state index in [0.717, 1.165) is 36.5 Å². The van der Waals surface area contributed by atoms with Gasteiger partial charge in [-0.1, -0.05) is 20.8 Å². The van der Waals surface area contributed by atoms with Crippen molar-refractivity contribution in [1.82, 2.24) is 4.90 Å². The molecule has 1 aliphatic rings. The lowest BCUT2D eigenvalue weighted by atomic mass is 10.1. The van der Waals surface area contributed by atoms with Gasteiger partial charge in [-0.3, -0.25) is 9.69 Å². The molecule has 0 saturated carbocycles. The van der Waals surface area contributed by atoms with Gasteiger partial charge in [-0.2, -0.15) is 0 Å². The minimum Gasteiger partial charge on any atom is -0.486 e. The van der Waals surface area contributed by atoms with Crippen molar-refractivity contribution in [2.45, 2.75) is 27.2 Å². The molecular formula is C16H24N2O3. The Kier molecular flexibility index (Phi) is 5.44. The van der Waals surface area contributed by atoms with Crippen molar-refractivity contribution in [2.24, 2.45) is 0 Å². The molecule has 0 unspecified atom stereocenters. The molecule has 1 aliphatic heterocycles. The zero-order valence-electron chi connectivity index (χ0n) is 13.1. The van der Waals surface area contributed by atoms with Crippen LogP contribution in [0.2, 0.25) is 0 Å². The monoisotopic (exact) mass is 292 g/mol. The number of fused-ring (bicyclic) bond motifs is 1. The largest absolute Gasteiger partial charge is 0.486 e. The van der Waals surface area contributed by atoms with Crippen LogP contribution >= 0.6 is 0 Å². The fraction of sp³-hybridized carbons (Fsp3) is 0.562. The van der Waals surface area contributed by atoms with Gasteiger partial charge in [0.05, 0.1) is 6.54 Å². The molecule has 0 atom stereocenters. The summed E-state index contributed by atoms with van der Waals surface area (Å²) in [7, 11) is 0. The summed E-state index contributed by atoms with van der Waals surface area (Å²) in [4.78, 5) is 14.2. The van der Waals surface area contributed by atoms with Crippen molar-refractivity contribution in [3.05, 3.63) is 17.7 Å². The highest BCUT2D eigenvalue weighted by Crippen LogP contribution is 2.35. The van der Waals surface area contributed by atoms with Crippen LogP contribution in [0.5, 0.6) is 11.5 Å². The first kappa shape index (κ1) is 15.6. The standard InChI is InChI=1S/C16H24N2O3/c1-4-12-9-14-15(21-8-7-20-14)10-13(12)17-16(19)11-18(5-2)6-3/h9-10H,4-8,11H2,1-3H3,(H,17,19). The SMILES string of the molecule is CCc1cc2c(cc1NC(=O)CN(CC)CC)OCCO2. The minimum atomic E-state index is 0.00470. The van der Waals surface area contributed by atoms with Crippen molar-refractivity contribution in [1.29, 1.82) is 0 Å². The number of carbonyl (C=O) groups is 1. The van der Waals surface area contributed by atoms with E-state index in [9.17, 15) is 4.79 Å². The second-order valence-electron chi connectivity index (χ2n) is 5.02. The number of nitrogens with zero attached hydrogens (tertiary/aromatic N) is 1. The van der Waals surface area contributed by atoms with Crippen molar-refractivity contribution < 1.29 is 14.3 Å². The molecule has 2 rings (SSSR count). The first-order valence-electron chi connectivity index (χ1n) is 7.62. The number of anilines is 1. The maximum atomic E-state index is 12.2. The third kappa shape index (κ3) is 3.88. The number of likely N-dealkylation sites (N-methyl/N-ethyl adjacent to an activating group) is 1. The third-order valence-corrected chi connectivity index (χ3v) is 3.68. The highest BCUT2D eigenvalue weighted by atomic mass is 16.6. The second-order valence-corrected chi connectivity index (χ2v) is 5.02. The van der Waals surface area contributed by atoms with Gasteiger partial charge in [0.15, 0.2) is 11.5 Å². The molecule has 1 N–H and O–H groups in total. The van der Waals surface area contributed by atoms with Crippen LogP contribution in [-0.4, -0.2) is 43.7 Å². The molecule has 0 saturated heterocycles. The summed E-state index contributed by atoms with van der Waals surface area (Å²) in [5, 5.41) is 2.99. The van der Waals surface area contributed by atoms with Gasteiger partial charge in [0.2, 0.25) is 5.91 Å². The average Bonchev–Trinajstić information content (AvgIpc) is 2.51. The van der Waals surface area contributed by atoms with Crippen molar-refractivity contribution in [3.63, 3.8) is 0 Å². The number of rotatable bonds is 6.